The number of amides is 1. The van der Waals surface area contributed by atoms with Crippen LogP contribution in [0.1, 0.15) is 31.4 Å². The number of carbonyl (C=O) groups is 1. The molecule has 1 aliphatic heterocycles. The lowest BCUT2D eigenvalue weighted by Crippen LogP contribution is -2.35. The molecule has 2 unspecified atom stereocenters. The molecule has 0 aromatic heterocycles. The summed E-state index contributed by atoms with van der Waals surface area (Å²) in [4.78, 5) is 12.0. The first-order valence-electron chi connectivity index (χ1n) is 6.58. The van der Waals surface area contributed by atoms with Gasteiger partial charge in [0.2, 0.25) is 5.91 Å². The molecule has 0 aliphatic carbocycles. The van der Waals surface area contributed by atoms with Crippen molar-refractivity contribution >= 4 is 18.3 Å². The Balaban J connectivity index is 0.00000200. The third kappa shape index (κ3) is 3.90. The van der Waals surface area contributed by atoms with Crippen LogP contribution < -0.4 is 10.6 Å². The molecule has 2 N–H and O–H groups in total. The summed E-state index contributed by atoms with van der Waals surface area (Å²) < 4.78 is 26.6. The van der Waals surface area contributed by atoms with Gasteiger partial charge in [0.05, 0.1) is 12.0 Å². The largest absolute Gasteiger partial charge is 0.349 e. The van der Waals surface area contributed by atoms with Crippen LogP contribution in [0.25, 0.3) is 0 Å². The quantitative estimate of drug-likeness (QED) is 0.897. The maximum Gasteiger partial charge on any atom is 0.224 e. The number of benzene rings is 1. The van der Waals surface area contributed by atoms with Gasteiger partial charge in [-0.15, -0.1) is 12.4 Å². The van der Waals surface area contributed by atoms with E-state index in [1.807, 2.05) is 6.92 Å². The fraction of sp³-hybridized carbons (Fsp3) is 0.500. The van der Waals surface area contributed by atoms with Crippen LogP contribution in [0.2, 0.25) is 0 Å². The Morgan fingerprint density at radius 1 is 1.50 bits per heavy atom. The summed E-state index contributed by atoms with van der Waals surface area (Å²) in [5.41, 5.74) is 0.336. The Hall–Kier alpha value is -1.20. The summed E-state index contributed by atoms with van der Waals surface area (Å²) in [5, 5.41) is 5.96. The predicted molar refractivity (Wildman–Crippen MR) is 75.8 cm³/mol. The second kappa shape index (κ2) is 7.55. The van der Waals surface area contributed by atoms with Crippen molar-refractivity contribution < 1.29 is 13.6 Å². The van der Waals surface area contributed by atoms with Crippen LogP contribution in [0.4, 0.5) is 8.78 Å². The summed E-state index contributed by atoms with van der Waals surface area (Å²) in [6.07, 6.45) is 1.36. The minimum absolute atomic E-state index is 0. The maximum atomic E-state index is 13.7. The lowest BCUT2D eigenvalue weighted by Gasteiger charge is -2.20. The minimum atomic E-state index is -0.614. The van der Waals surface area contributed by atoms with E-state index in [1.165, 1.54) is 12.1 Å². The highest BCUT2D eigenvalue weighted by molar-refractivity contribution is 5.85. The molecule has 0 spiro atoms. The van der Waals surface area contributed by atoms with E-state index in [1.54, 1.807) is 0 Å². The summed E-state index contributed by atoms with van der Waals surface area (Å²) in [7, 11) is 0. The van der Waals surface area contributed by atoms with Gasteiger partial charge in [-0.3, -0.25) is 4.79 Å². The molecule has 20 heavy (non-hydrogen) atoms. The molecule has 1 fully saturated rings. The first-order valence-corrected chi connectivity index (χ1v) is 6.58. The monoisotopic (exact) mass is 304 g/mol. The van der Waals surface area contributed by atoms with Crippen LogP contribution in [0.5, 0.6) is 0 Å². The standard InChI is InChI=1S/C14H18F2N2O.ClH/c1-2-13(11-4-3-10(15)7-12(11)16)18-14(19)9-5-6-17-8-9;/h3-4,7,9,13,17H,2,5-6,8H2,1H3,(H,18,19);1H. The number of hydrogen-bond acceptors (Lipinski definition) is 2. The van der Waals surface area contributed by atoms with Crippen molar-refractivity contribution in [2.24, 2.45) is 5.92 Å². The Labute approximate surface area is 123 Å². The molecule has 1 saturated heterocycles. The lowest BCUT2D eigenvalue weighted by molar-refractivity contribution is -0.125. The molecule has 1 aliphatic rings. The molecular formula is C14H19ClF2N2O. The van der Waals surface area contributed by atoms with Crippen molar-refractivity contribution in [3.05, 3.63) is 35.4 Å². The van der Waals surface area contributed by atoms with Gasteiger partial charge in [-0.05, 0) is 25.5 Å². The summed E-state index contributed by atoms with van der Waals surface area (Å²) in [6, 6.07) is 3.05. The second-order valence-corrected chi connectivity index (χ2v) is 4.82. The van der Waals surface area contributed by atoms with Gasteiger partial charge in [0.1, 0.15) is 11.6 Å². The molecule has 0 bridgehead atoms. The fourth-order valence-corrected chi connectivity index (χ4v) is 2.35. The highest BCUT2D eigenvalue weighted by Gasteiger charge is 2.25. The highest BCUT2D eigenvalue weighted by Crippen LogP contribution is 2.22. The number of carbonyl (C=O) groups excluding carboxylic acids is 1. The third-order valence-corrected chi connectivity index (χ3v) is 3.49. The van der Waals surface area contributed by atoms with Gasteiger partial charge in [-0.1, -0.05) is 13.0 Å². The van der Waals surface area contributed by atoms with Crippen LogP contribution in [0, 0.1) is 17.6 Å². The average Bonchev–Trinajstić information content (AvgIpc) is 2.90. The summed E-state index contributed by atoms with van der Waals surface area (Å²) >= 11 is 0. The van der Waals surface area contributed by atoms with Gasteiger partial charge in [-0.2, -0.15) is 0 Å². The van der Waals surface area contributed by atoms with E-state index >= 15 is 0 Å². The zero-order chi connectivity index (χ0) is 13.8. The van der Waals surface area contributed by atoms with Crippen molar-refractivity contribution in [3.63, 3.8) is 0 Å². The number of nitrogens with one attached hydrogen (secondary N) is 2. The average molecular weight is 305 g/mol. The predicted octanol–water partition coefficient (Wildman–Crippen LogP) is 2.56. The molecule has 112 valence electrons. The molecule has 6 heteroatoms. The van der Waals surface area contributed by atoms with E-state index in [0.29, 0.717) is 18.5 Å². The second-order valence-electron chi connectivity index (χ2n) is 4.82. The zero-order valence-corrected chi connectivity index (χ0v) is 12.1. The van der Waals surface area contributed by atoms with Gasteiger partial charge in [-0.25, -0.2) is 8.78 Å². The molecule has 1 aromatic carbocycles. The topological polar surface area (TPSA) is 41.1 Å². The minimum Gasteiger partial charge on any atom is -0.349 e. The Kier molecular flexibility index (Phi) is 6.36. The van der Waals surface area contributed by atoms with Gasteiger partial charge in [0.15, 0.2) is 0 Å². The SMILES string of the molecule is CCC(NC(=O)C1CCNC1)c1ccc(F)cc1F.Cl. The number of rotatable bonds is 4. The van der Waals surface area contributed by atoms with E-state index in [2.05, 4.69) is 10.6 Å². The van der Waals surface area contributed by atoms with Crippen LogP contribution in [-0.2, 0) is 4.79 Å². The van der Waals surface area contributed by atoms with Crippen molar-refractivity contribution in [2.45, 2.75) is 25.8 Å². The van der Waals surface area contributed by atoms with Gasteiger partial charge in [0.25, 0.3) is 0 Å². The Morgan fingerprint density at radius 3 is 2.80 bits per heavy atom. The van der Waals surface area contributed by atoms with E-state index in [4.69, 9.17) is 0 Å². The summed E-state index contributed by atoms with van der Waals surface area (Å²) in [6.45, 7) is 3.36. The fourth-order valence-electron chi connectivity index (χ4n) is 2.35. The molecule has 0 radical (unpaired) electrons. The lowest BCUT2D eigenvalue weighted by atomic mass is 10.0. The molecule has 1 amide bonds. The molecule has 2 atom stereocenters. The van der Waals surface area contributed by atoms with Gasteiger partial charge >= 0.3 is 0 Å². The molecule has 0 saturated carbocycles. The van der Waals surface area contributed by atoms with Crippen LogP contribution >= 0.6 is 12.4 Å². The molecule has 1 aromatic rings. The van der Waals surface area contributed by atoms with Crippen LogP contribution in [0.15, 0.2) is 18.2 Å². The zero-order valence-electron chi connectivity index (χ0n) is 11.3. The van der Waals surface area contributed by atoms with E-state index < -0.39 is 17.7 Å². The highest BCUT2D eigenvalue weighted by atomic mass is 35.5. The van der Waals surface area contributed by atoms with Crippen LogP contribution in [0.3, 0.4) is 0 Å². The van der Waals surface area contributed by atoms with E-state index in [9.17, 15) is 13.6 Å². The van der Waals surface area contributed by atoms with Crippen molar-refractivity contribution in [3.8, 4) is 0 Å². The third-order valence-electron chi connectivity index (χ3n) is 3.49. The van der Waals surface area contributed by atoms with Crippen molar-refractivity contribution in [2.75, 3.05) is 13.1 Å². The number of halogens is 3. The smallest absolute Gasteiger partial charge is 0.224 e. The molecular weight excluding hydrogens is 286 g/mol. The van der Waals surface area contributed by atoms with E-state index in [0.717, 1.165) is 19.0 Å². The maximum absolute atomic E-state index is 13.7. The Morgan fingerprint density at radius 2 is 2.25 bits per heavy atom. The molecule has 2 rings (SSSR count). The van der Waals surface area contributed by atoms with Gasteiger partial charge in [0, 0.05) is 18.2 Å². The first-order chi connectivity index (χ1) is 9.11. The normalized spacial score (nSPS) is 19.2. The molecule has 1 heterocycles. The number of hydrogen-bond donors (Lipinski definition) is 2. The first kappa shape index (κ1) is 16.9. The Bertz CT molecular complexity index is 464. The van der Waals surface area contributed by atoms with E-state index in [-0.39, 0.29) is 24.2 Å². The molecule has 3 nitrogen and oxygen atoms in total. The van der Waals surface area contributed by atoms with Crippen LogP contribution in [-0.4, -0.2) is 19.0 Å². The summed E-state index contributed by atoms with van der Waals surface area (Å²) in [5.74, 6) is -1.35. The van der Waals surface area contributed by atoms with Crippen molar-refractivity contribution in [1.82, 2.24) is 10.6 Å². The van der Waals surface area contributed by atoms with Crippen molar-refractivity contribution in [1.29, 1.82) is 0 Å². The van der Waals surface area contributed by atoms with Gasteiger partial charge < -0.3 is 10.6 Å².